The van der Waals surface area contributed by atoms with Gasteiger partial charge in [0.1, 0.15) is 0 Å². The average Bonchev–Trinajstić information content (AvgIpc) is 2.75. The number of hydrogen-bond acceptors (Lipinski definition) is 6. The van der Waals surface area contributed by atoms with E-state index in [1.165, 1.54) is 24.3 Å². The molecule has 0 radical (unpaired) electrons. The van der Waals surface area contributed by atoms with Crippen LogP contribution in [0, 0.1) is 0 Å². The number of aromatic hydroxyl groups is 1. The summed E-state index contributed by atoms with van der Waals surface area (Å²) in [5.74, 6) is -1.68. The van der Waals surface area contributed by atoms with Gasteiger partial charge in [0.05, 0.1) is 17.9 Å². The van der Waals surface area contributed by atoms with E-state index in [0.717, 1.165) is 28.1 Å². The Labute approximate surface area is 186 Å². The predicted molar refractivity (Wildman–Crippen MR) is 119 cm³/mol. The molecule has 3 rings (SSSR count). The first-order valence-corrected chi connectivity index (χ1v) is 10.4. The zero-order valence-corrected chi connectivity index (χ0v) is 18.3. The van der Waals surface area contributed by atoms with Crippen LogP contribution in [0.2, 0.25) is 0 Å². The summed E-state index contributed by atoms with van der Waals surface area (Å²) in [5, 5.41) is 16.7. The standard InChI is InChI=1S/C22H20BrN3O5/c1-2-3-12-31-22(30)14-4-8-16(9-5-14)24-21(29)20-18(27)13-19(28)26(25-20)17-10-6-15(23)7-11-17/h4-11,13,27H,2-3,12H2,1H3,(H,24,29). The van der Waals surface area contributed by atoms with Crippen LogP contribution in [0.1, 0.15) is 40.6 Å². The minimum absolute atomic E-state index is 0.314. The Morgan fingerprint density at radius 3 is 2.45 bits per heavy atom. The fourth-order valence-electron chi connectivity index (χ4n) is 2.65. The lowest BCUT2D eigenvalue weighted by Crippen LogP contribution is -2.25. The van der Waals surface area contributed by atoms with Crippen LogP contribution in [-0.2, 0) is 4.74 Å². The number of amides is 1. The number of nitrogens with one attached hydrogen (secondary N) is 1. The van der Waals surface area contributed by atoms with Crippen LogP contribution >= 0.6 is 15.9 Å². The largest absolute Gasteiger partial charge is 0.505 e. The third kappa shape index (κ3) is 5.58. The number of esters is 1. The number of ether oxygens (including phenoxy) is 1. The van der Waals surface area contributed by atoms with Crippen molar-refractivity contribution in [3.63, 3.8) is 0 Å². The van der Waals surface area contributed by atoms with Crippen molar-refractivity contribution in [2.24, 2.45) is 0 Å². The van der Waals surface area contributed by atoms with Crippen molar-refractivity contribution < 1.29 is 19.4 Å². The predicted octanol–water partition coefficient (Wildman–Crippen LogP) is 3.91. The van der Waals surface area contributed by atoms with Gasteiger partial charge in [0.25, 0.3) is 11.5 Å². The average molecular weight is 486 g/mol. The van der Waals surface area contributed by atoms with Crippen LogP contribution in [0.15, 0.2) is 63.9 Å². The summed E-state index contributed by atoms with van der Waals surface area (Å²) in [6, 6.07) is 13.8. The smallest absolute Gasteiger partial charge is 0.338 e. The van der Waals surface area contributed by atoms with Gasteiger partial charge in [-0.15, -0.1) is 0 Å². The van der Waals surface area contributed by atoms with Crippen LogP contribution in [0.4, 0.5) is 5.69 Å². The van der Waals surface area contributed by atoms with Gasteiger partial charge >= 0.3 is 5.97 Å². The highest BCUT2D eigenvalue weighted by atomic mass is 79.9. The third-order valence-electron chi connectivity index (χ3n) is 4.31. The molecule has 3 aromatic rings. The second-order valence-electron chi connectivity index (χ2n) is 6.63. The van der Waals surface area contributed by atoms with Crippen LogP contribution in [0.5, 0.6) is 5.75 Å². The molecule has 2 N–H and O–H groups in total. The molecule has 0 spiro atoms. The Bertz CT molecular complexity index is 1140. The molecule has 0 saturated heterocycles. The summed E-state index contributed by atoms with van der Waals surface area (Å²) < 4.78 is 6.99. The van der Waals surface area contributed by atoms with Crippen LogP contribution in [-0.4, -0.2) is 33.4 Å². The number of unbranched alkanes of at least 4 members (excludes halogenated alkanes) is 1. The minimum atomic E-state index is -0.707. The lowest BCUT2D eigenvalue weighted by atomic mass is 10.2. The zero-order chi connectivity index (χ0) is 22.4. The summed E-state index contributed by atoms with van der Waals surface area (Å²) in [6.07, 6.45) is 1.72. The molecule has 31 heavy (non-hydrogen) atoms. The number of anilines is 1. The van der Waals surface area contributed by atoms with Crippen molar-refractivity contribution in [2.75, 3.05) is 11.9 Å². The van der Waals surface area contributed by atoms with Crippen molar-refractivity contribution in [1.82, 2.24) is 9.78 Å². The Morgan fingerprint density at radius 2 is 1.81 bits per heavy atom. The molecule has 1 aromatic heterocycles. The molecular formula is C22H20BrN3O5. The van der Waals surface area contributed by atoms with Crippen molar-refractivity contribution >= 4 is 33.5 Å². The molecule has 0 aliphatic heterocycles. The first kappa shape index (κ1) is 22.2. The monoisotopic (exact) mass is 485 g/mol. The summed E-state index contributed by atoms with van der Waals surface area (Å²) in [4.78, 5) is 36.8. The molecule has 0 unspecified atom stereocenters. The van der Waals surface area contributed by atoms with Crippen molar-refractivity contribution in [3.05, 3.63) is 80.7 Å². The van der Waals surface area contributed by atoms with Crippen molar-refractivity contribution in [3.8, 4) is 11.4 Å². The van der Waals surface area contributed by atoms with Gasteiger partial charge in [-0.3, -0.25) is 9.59 Å². The third-order valence-corrected chi connectivity index (χ3v) is 4.84. The van der Waals surface area contributed by atoms with Crippen LogP contribution in [0.25, 0.3) is 5.69 Å². The van der Waals surface area contributed by atoms with Gasteiger partial charge in [0, 0.05) is 16.2 Å². The molecule has 0 bridgehead atoms. The van der Waals surface area contributed by atoms with E-state index >= 15 is 0 Å². The highest BCUT2D eigenvalue weighted by molar-refractivity contribution is 9.10. The van der Waals surface area contributed by atoms with Gasteiger partial charge < -0.3 is 15.2 Å². The van der Waals surface area contributed by atoms with E-state index in [4.69, 9.17) is 4.74 Å². The Kier molecular flexibility index (Phi) is 7.19. The molecule has 160 valence electrons. The Morgan fingerprint density at radius 1 is 1.13 bits per heavy atom. The van der Waals surface area contributed by atoms with Gasteiger partial charge in [-0.05, 0) is 55.0 Å². The second kappa shape index (κ2) is 10.0. The number of halogens is 1. The second-order valence-corrected chi connectivity index (χ2v) is 7.54. The van der Waals surface area contributed by atoms with E-state index in [-0.39, 0.29) is 5.69 Å². The molecule has 1 heterocycles. The highest BCUT2D eigenvalue weighted by Gasteiger charge is 2.17. The SMILES string of the molecule is CCCCOC(=O)c1ccc(NC(=O)c2nn(-c3ccc(Br)cc3)c(=O)cc2O)cc1. The van der Waals surface area contributed by atoms with Gasteiger partial charge in [-0.1, -0.05) is 29.3 Å². The van der Waals surface area contributed by atoms with Crippen molar-refractivity contribution in [1.29, 1.82) is 0 Å². The maximum Gasteiger partial charge on any atom is 0.338 e. The molecule has 1 amide bonds. The molecule has 0 aliphatic carbocycles. The topological polar surface area (TPSA) is 111 Å². The first-order chi connectivity index (χ1) is 14.9. The van der Waals surface area contributed by atoms with Gasteiger partial charge in [-0.2, -0.15) is 9.78 Å². The molecular weight excluding hydrogens is 466 g/mol. The summed E-state index contributed by atoms with van der Waals surface area (Å²) in [5.41, 5.74) is 0.289. The van der Waals surface area contributed by atoms with Gasteiger partial charge in [-0.25, -0.2) is 4.79 Å². The summed E-state index contributed by atoms with van der Waals surface area (Å²) in [6.45, 7) is 2.36. The van der Waals surface area contributed by atoms with Crippen LogP contribution < -0.4 is 10.9 Å². The number of carbonyl (C=O) groups excluding carboxylic acids is 2. The van der Waals surface area contributed by atoms with E-state index in [0.29, 0.717) is 23.5 Å². The fraction of sp³-hybridized carbons (Fsp3) is 0.182. The number of carbonyl (C=O) groups is 2. The van der Waals surface area contributed by atoms with Crippen molar-refractivity contribution in [2.45, 2.75) is 19.8 Å². The zero-order valence-electron chi connectivity index (χ0n) is 16.7. The van der Waals surface area contributed by atoms with Crippen LogP contribution in [0.3, 0.4) is 0 Å². The number of hydrogen-bond donors (Lipinski definition) is 2. The maximum absolute atomic E-state index is 12.6. The molecule has 0 aliphatic rings. The molecule has 0 atom stereocenters. The lowest BCUT2D eigenvalue weighted by Gasteiger charge is -2.10. The Balaban J connectivity index is 1.77. The Hall–Kier alpha value is -3.46. The van der Waals surface area contributed by atoms with E-state index in [1.54, 1.807) is 24.3 Å². The molecule has 2 aromatic carbocycles. The van der Waals surface area contributed by atoms with E-state index < -0.39 is 23.2 Å². The summed E-state index contributed by atoms with van der Waals surface area (Å²) >= 11 is 3.31. The lowest BCUT2D eigenvalue weighted by molar-refractivity contribution is 0.0499. The molecule has 9 heteroatoms. The van der Waals surface area contributed by atoms with E-state index in [9.17, 15) is 19.5 Å². The number of rotatable bonds is 7. The fourth-order valence-corrected chi connectivity index (χ4v) is 2.91. The number of aromatic nitrogens is 2. The molecule has 0 fully saturated rings. The van der Waals surface area contributed by atoms with E-state index in [1.807, 2.05) is 6.92 Å². The minimum Gasteiger partial charge on any atom is -0.505 e. The molecule has 0 saturated carbocycles. The summed E-state index contributed by atoms with van der Waals surface area (Å²) in [7, 11) is 0. The van der Waals surface area contributed by atoms with Gasteiger partial charge in [0.15, 0.2) is 11.4 Å². The molecule has 8 nitrogen and oxygen atoms in total. The maximum atomic E-state index is 12.6. The quantitative estimate of drug-likeness (QED) is 0.387. The number of nitrogens with zero attached hydrogens (tertiary/aromatic N) is 2. The normalized spacial score (nSPS) is 10.5. The van der Waals surface area contributed by atoms with Gasteiger partial charge in [0.2, 0.25) is 0 Å². The number of benzene rings is 2. The first-order valence-electron chi connectivity index (χ1n) is 9.57. The van der Waals surface area contributed by atoms with E-state index in [2.05, 4.69) is 26.3 Å². The highest BCUT2D eigenvalue weighted by Crippen LogP contribution is 2.17.